The van der Waals surface area contributed by atoms with E-state index in [0.29, 0.717) is 13.1 Å². The zero-order valence-electron chi connectivity index (χ0n) is 52.6. The van der Waals surface area contributed by atoms with Crippen molar-refractivity contribution in [2.24, 2.45) is 5.92 Å². The molecule has 0 spiro atoms. The molecule has 19 heteroatoms. The van der Waals surface area contributed by atoms with Crippen molar-refractivity contribution in [1.82, 2.24) is 42.1 Å². The summed E-state index contributed by atoms with van der Waals surface area (Å²) in [6.45, 7) is 6.07. The van der Waals surface area contributed by atoms with Gasteiger partial charge in [0.2, 0.25) is 47.3 Å². The van der Waals surface area contributed by atoms with Gasteiger partial charge < -0.3 is 51.6 Å². The van der Waals surface area contributed by atoms with Crippen LogP contribution in [0.2, 0.25) is 0 Å². The quantitative estimate of drug-likeness (QED) is 0.0239. The van der Waals surface area contributed by atoms with Gasteiger partial charge in [-0.15, -0.1) is 0 Å². The van der Waals surface area contributed by atoms with Crippen LogP contribution in [0.5, 0.6) is 0 Å². The number of hydrogen-bond acceptors (Lipinski definition) is 11. The topological polar surface area (TPSA) is 260 Å². The fraction of sp³-hybridized carbons (Fsp3) is 0.769. The summed E-state index contributed by atoms with van der Waals surface area (Å²) >= 11 is 0. The lowest BCUT2D eigenvalue weighted by molar-refractivity contribution is -0.145. The van der Waals surface area contributed by atoms with Crippen LogP contribution in [0.4, 0.5) is 0 Å². The first-order valence-electron chi connectivity index (χ1n) is 32.7. The molecule has 1 atom stereocenters. The Hall–Kier alpha value is -5.59. The molecule has 7 N–H and O–H groups in total. The second-order valence-corrected chi connectivity index (χ2v) is 23.0. The van der Waals surface area contributed by atoms with Crippen LogP contribution in [0.1, 0.15) is 245 Å². The van der Waals surface area contributed by atoms with Crippen molar-refractivity contribution >= 4 is 53.2 Å². The van der Waals surface area contributed by atoms with Gasteiger partial charge in [0.05, 0.1) is 32.7 Å². The van der Waals surface area contributed by atoms with Crippen molar-refractivity contribution in [3.05, 3.63) is 35.9 Å². The van der Waals surface area contributed by atoms with Crippen molar-refractivity contribution in [2.45, 2.75) is 252 Å². The molecule has 0 saturated carbocycles. The van der Waals surface area contributed by atoms with Gasteiger partial charge in [0.1, 0.15) is 32.4 Å². The van der Waals surface area contributed by atoms with Crippen LogP contribution < -0.4 is 37.2 Å². The fourth-order valence-electron chi connectivity index (χ4n) is 9.60. The molecule has 0 bridgehead atoms. The van der Waals surface area contributed by atoms with Crippen LogP contribution in [0, 0.1) is 5.92 Å². The fourth-order valence-corrected chi connectivity index (χ4v) is 9.60. The number of benzene rings is 1. The van der Waals surface area contributed by atoms with Gasteiger partial charge in [-0.1, -0.05) is 251 Å². The number of hydrogen-bond donors (Lipinski definition) is 7. The molecule has 0 aromatic heterocycles. The summed E-state index contributed by atoms with van der Waals surface area (Å²) in [4.78, 5) is 115. The third kappa shape index (κ3) is 47.7. The second-order valence-electron chi connectivity index (χ2n) is 23.0. The van der Waals surface area contributed by atoms with Crippen molar-refractivity contribution in [1.29, 1.82) is 0 Å². The number of unbranched alkanes of at least 4 members (excludes halogenated alkanes) is 30. The zero-order valence-corrected chi connectivity index (χ0v) is 52.6. The van der Waals surface area contributed by atoms with E-state index in [1.165, 1.54) is 167 Å². The smallest absolute Gasteiger partial charge is 0.325 e. The number of ether oxygens (including phenoxy) is 2. The maximum atomic E-state index is 13.4. The van der Waals surface area contributed by atoms with Gasteiger partial charge in [-0.2, -0.15) is 0 Å². The largest absolute Gasteiger partial charge is 0.460 e. The van der Waals surface area contributed by atoms with E-state index in [1.54, 1.807) is 24.3 Å². The van der Waals surface area contributed by atoms with E-state index in [0.717, 1.165) is 44.1 Å². The predicted molar refractivity (Wildman–Crippen MR) is 332 cm³/mol. The molecule has 0 radical (unpaired) electrons. The number of rotatable bonds is 56. The summed E-state index contributed by atoms with van der Waals surface area (Å²) in [5.41, 5.74) is 0.785. The Morgan fingerprint density at radius 2 is 0.750 bits per heavy atom. The van der Waals surface area contributed by atoms with E-state index in [-0.39, 0.29) is 31.5 Å². The molecular weight excluding hydrogens is 1070 g/mol. The maximum Gasteiger partial charge on any atom is 0.325 e. The van der Waals surface area contributed by atoms with E-state index < -0.39 is 99.2 Å². The Kier molecular flexibility index (Phi) is 49.2. The van der Waals surface area contributed by atoms with E-state index in [4.69, 9.17) is 9.47 Å². The van der Waals surface area contributed by atoms with Gasteiger partial charge in [0.15, 0.2) is 0 Å². The standard InChI is InChI=1S/C65H114N8O11/c1-5-7-9-11-13-15-17-19-21-23-25-27-29-31-33-38-42-73(43-39-34-32-30-28-26-24-22-20-18-16-14-12-10-8-6-2)63(80)53-83-52-62(79)69-47-58(75)66-45-57(74)68-49-61(78)72-56(44-54(3)4)65(82)71-48-60(77)67-46-59(76)70-50-64(81)84-51-55-40-36-35-37-41-55/h35-37,40-41,54,56H,5-34,38-39,42-53H2,1-4H3,(H,66,75)(H,67,77)(H,68,74)(H,69,79)(H,70,76)(H,71,82)(H,72,78)/t56-/m0/s1. The second kappa shape index (κ2) is 54.1. The molecule has 19 nitrogen and oxygen atoms in total. The number of nitrogens with one attached hydrogen (secondary N) is 7. The van der Waals surface area contributed by atoms with E-state index in [2.05, 4.69) is 51.1 Å². The first kappa shape index (κ1) is 76.4. The van der Waals surface area contributed by atoms with Crippen molar-refractivity contribution in [3.8, 4) is 0 Å². The lowest BCUT2D eigenvalue weighted by atomic mass is 10.0. The van der Waals surface area contributed by atoms with Gasteiger partial charge in [-0.05, 0) is 30.7 Å². The molecule has 0 saturated heterocycles. The minimum atomic E-state index is -1.06. The van der Waals surface area contributed by atoms with Crippen LogP contribution in [0.15, 0.2) is 30.3 Å². The predicted octanol–water partition coefficient (Wildman–Crippen LogP) is 9.33. The molecule has 0 fully saturated rings. The molecule has 0 aliphatic rings. The summed E-state index contributed by atoms with van der Waals surface area (Å²) in [7, 11) is 0. The number of amides is 8. The lowest BCUT2D eigenvalue weighted by Crippen LogP contribution is -2.52. The first-order valence-corrected chi connectivity index (χ1v) is 32.7. The van der Waals surface area contributed by atoms with Gasteiger partial charge in [0.25, 0.3) is 0 Å². The molecule has 8 amide bonds. The summed E-state index contributed by atoms with van der Waals surface area (Å²) in [5, 5.41) is 16.8. The average Bonchev–Trinajstić information content (AvgIpc) is 3.56. The molecule has 0 aliphatic heterocycles. The zero-order chi connectivity index (χ0) is 61.5. The SMILES string of the molecule is CCCCCCCCCCCCCCCCCCN(CCCCCCCCCCCCCCCCCC)C(=O)COCC(=O)NCC(=O)NCC(=O)NCC(=O)N[C@@H](CC(C)C)C(=O)NCC(=O)NCC(=O)NCC(=O)OCc1ccccc1. The van der Waals surface area contributed by atoms with Gasteiger partial charge >= 0.3 is 5.97 Å². The van der Waals surface area contributed by atoms with Crippen LogP contribution in [-0.2, 0) is 59.2 Å². The Morgan fingerprint density at radius 1 is 0.405 bits per heavy atom. The van der Waals surface area contributed by atoms with Crippen molar-refractivity contribution in [3.63, 3.8) is 0 Å². The molecule has 480 valence electrons. The summed E-state index contributed by atoms with van der Waals surface area (Å²) < 4.78 is 10.6. The van der Waals surface area contributed by atoms with Gasteiger partial charge in [0, 0.05) is 13.1 Å². The van der Waals surface area contributed by atoms with Crippen LogP contribution in [-0.4, -0.2) is 130 Å². The molecule has 84 heavy (non-hydrogen) atoms. The van der Waals surface area contributed by atoms with Crippen LogP contribution in [0.25, 0.3) is 0 Å². The van der Waals surface area contributed by atoms with Crippen LogP contribution in [0.3, 0.4) is 0 Å². The highest BCUT2D eigenvalue weighted by Gasteiger charge is 2.23. The minimum absolute atomic E-state index is 0.0462. The third-order valence-corrected chi connectivity index (χ3v) is 14.6. The Morgan fingerprint density at radius 3 is 1.14 bits per heavy atom. The Bertz CT molecular complexity index is 1890. The molecule has 0 unspecified atom stereocenters. The Labute approximate surface area is 505 Å². The van der Waals surface area contributed by atoms with E-state index in [9.17, 15) is 43.2 Å². The number of carbonyl (C=O) groups is 9. The summed E-state index contributed by atoms with van der Waals surface area (Å²) in [6, 6.07) is 7.95. The highest BCUT2D eigenvalue weighted by molar-refractivity contribution is 5.94. The summed E-state index contributed by atoms with van der Waals surface area (Å²) in [6.07, 6.45) is 41.2. The number of nitrogens with zero attached hydrogens (tertiary/aromatic N) is 1. The molecule has 0 heterocycles. The minimum Gasteiger partial charge on any atom is -0.460 e. The molecular formula is C65H114N8O11. The Balaban J connectivity index is 2.40. The normalized spacial score (nSPS) is 11.3. The van der Waals surface area contributed by atoms with Gasteiger partial charge in [-0.25, -0.2) is 0 Å². The monoisotopic (exact) mass is 1180 g/mol. The van der Waals surface area contributed by atoms with E-state index >= 15 is 0 Å². The lowest BCUT2D eigenvalue weighted by Gasteiger charge is -2.23. The molecule has 0 aliphatic carbocycles. The highest BCUT2D eigenvalue weighted by Crippen LogP contribution is 2.16. The first-order chi connectivity index (χ1) is 40.7. The maximum absolute atomic E-state index is 13.4. The van der Waals surface area contributed by atoms with Gasteiger partial charge in [-0.3, -0.25) is 43.2 Å². The van der Waals surface area contributed by atoms with E-state index in [1.807, 2.05) is 24.8 Å². The van der Waals surface area contributed by atoms with Crippen molar-refractivity contribution in [2.75, 3.05) is 65.6 Å². The number of carbonyl (C=O) groups excluding carboxylic acids is 9. The number of esters is 1. The third-order valence-electron chi connectivity index (χ3n) is 14.6. The average molecular weight is 1180 g/mol. The van der Waals surface area contributed by atoms with Crippen LogP contribution >= 0.6 is 0 Å². The highest BCUT2D eigenvalue weighted by atomic mass is 16.5. The molecule has 1 aromatic rings. The molecule has 1 rings (SSSR count). The molecule has 1 aromatic carbocycles. The van der Waals surface area contributed by atoms with Crippen molar-refractivity contribution < 1.29 is 52.6 Å². The summed E-state index contributed by atoms with van der Waals surface area (Å²) in [5.74, 6) is -5.54.